The van der Waals surface area contributed by atoms with Crippen LogP contribution in [0.3, 0.4) is 0 Å². The van der Waals surface area contributed by atoms with Gasteiger partial charge in [-0.25, -0.2) is 4.39 Å². The first-order valence-electron chi connectivity index (χ1n) is 7.81. The third-order valence-electron chi connectivity index (χ3n) is 3.37. The average molecular weight is 331 g/mol. The van der Waals surface area contributed by atoms with E-state index >= 15 is 0 Å². The first-order chi connectivity index (χ1) is 11.5. The maximum Gasteiger partial charge on any atom is 0.255 e. The molecule has 0 atom stereocenters. The second kappa shape index (κ2) is 8.45. The summed E-state index contributed by atoms with van der Waals surface area (Å²) in [6.07, 6.45) is 0. The van der Waals surface area contributed by atoms with E-state index in [-0.39, 0.29) is 11.6 Å². The lowest BCUT2D eigenvalue weighted by molar-refractivity contribution is 0.0952. The number of nitrogens with one attached hydrogen (secondary N) is 1. The molecule has 2 aromatic carbocycles. The number of carbonyl (C=O) groups is 1. The maximum atomic E-state index is 13.7. The minimum absolute atomic E-state index is 0.149. The van der Waals surface area contributed by atoms with Crippen LogP contribution in [-0.4, -0.2) is 19.6 Å². The first kappa shape index (κ1) is 17.9. The summed E-state index contributed by atoms with van der Waals surface area (Å²) in [7, 11) is 1.57. The van der Waals surface area contributed by atoms with Gasteiger partial charge in [-0.15, -0.1) is 0 Å². The highest BCUT2D eigenvalue weighted by atomic mass is 19.1. The summed E-state index contributed by atoms with van der Waals surface area (Å²) in [5, 5.41) is 2.57. The highest BCUT2D eigenvalue weighted by Gasteiger charge is 2.12. The summed E-state index contributed by atoms with van der Waals surface area (Å²) in [5.74, 6) is 0.220. The second-order valence-electron chi connectivity index (χ2n) is 5.87. The van der Waals surface area contributed by atoms with E-state index in [1.807, 2.05) is 0 Å². The van der Waals surface area contributed by atoms with Crippen molar-refractivity contribution >= 4 is 11.6 Å². The van der Waals surface area contributed by atoms with Crippen molar-refractivity contribution in [2.45, 2.75) is 20.5 Å². The molecule has 0 aliphatic heterocycles. The monoisotopic (exact) mass is 331 g/mol. The minimum atomic E-state index is -0.472. The van der Waals surface area contributed by atoms with Gasteiger partial charge in [0.1, 0.15) is 11.6 Å². The lowest BCUT2D eigenvalue weighted by atomic mass is 10.1. The molecule has 5 heteroatoms. The number of amides is 1. The number of anilines is 1. The van der Waals surface area contributed by atoms with Gasteiger partial charge in [-0.05, 0) is 36.2 Å². The molecule has 0 heterocycles. The molecular formula is C19H22FNO3. The van der Waals surface area contributed by atoms with Crippen LogP contribution < -0.4 is 10.1 Å². The van der Waals surface area contributed by atoms with Crippen molar-refractivity contribution in [1.82, 2.24) is 0 Å². The second-order valence-corrected chi connectivity index (χ2v) is 5.87. The van der Waals surface area contributed by atoms with E-state index in [0.29, 0.717) is 30.4 Å². The largest absolute Gasteiger partial charge is 0.496 e. The minimum Gasteiger partial charge on any atom is -0.496 e. The van der Waals surface area contributed by atoms with E-state index in [1.54, 1.807) is 37.4 Å². The Morgan fingerprint density at radius 2 is 1.96 bits per heavy atom. The molecule has 0 aliphatic carbocycles. The predicted molar refractivity (Wildman–Crippen MR) is 91.8 cm³/mol. The third kappa shape index (κ3) is 4.80. The number of benzene rings is 2. The van der Waals surface area contributed by atoms with Crippen molar-refractivity contribution < 1.29 is 18.7 Å². The molecule has 4 nitrogen and oxygen atoms in total. The molecule has 0 bridgehead atoms. The molecule has 1 N–H and O–H groups in total. The van der Waals surface area contributed by atoms with E-state index in [4.69, 9.17) is 9.47 Å². The molecule has 1 amide bonds. The van der Waals surface area contributed by atoms with Crippen molar-refractivity contribution in [1.29, 1.82) is 0 Å². The summed E-state index contributed by atoms with van der Waals surface area (Å²) in [6.45, 7) is 5.10. The molecule has 0 spiro atoms. The molecule has 0 unspecified atom stereocenters. The van der Waals surface area contributed by atoms with Crippen LogP contribution in [0.2, 0.25) is 0 Å². The van der Waals surface area contributed by atoms with Gasteiger partial charge in [0.25, 0.3) is 5.91 Å². The van der Waals surface area contributed by atoms with Gasteiger partial charge in [0, 0.05) is 17.7 Å². The van der Waals surface area contributed by atoms with Crippen molar-refractivity contribution in [3.63, 3.8) is 0 Å². The molecule has 24 heavy (non-hydrogen) atoms. The fraction of sp³-hybridized carbons (Fsp3) is 0.316. The van der Waals surface area contributed by atoms with Crippen molar-refractivity contribution in [3.05, 3.63) is 59.4 Å². The average Bonchev–Trinajstić information content (AvgIpc) is 2.56. The molecule has 0 radical (unpaired) electrons. The van der Waals surface area contributed by atoms with E-state index in [1.165, 1.54) is 12.1 Å². The zero-order valence-corrected chi connectivity index (χ0v) is 14.1. The maximum absolute atomic E-state index is 13.7. The van der Waals surface area contributed by atoms with Gasteiger partial charge >= 0.3 is 0 Å². The lowest BCUT2D eigenvalue weighted by Gasteiger charge is -2.13. The van der Waals surface area contributed by atoms with Crippen molar-refractivity contribution in [3.8, 4) is 5.75 Å². The summed E-state index contributed by atoms with van der Waals surface area (Å²) in [5.41, 5.74) is 1.34. The summed E-state index contributed by atoms with van der Waals surface area (Å²) in [4.78, 5) is 12.3. The molecule has 0 fully saturated rings. The molecule has 2 rings (SSSR count). The van der Waals surface area contributed by atoms with E-state index in [2.05, 4.69) is 19.2 Å². The molecule has 0 saturated carbocycles. The molecule has 0 saturated heterocycles. The number of carbonyl (C=O) groups excluding carboxylic acids is 1. The van der Waals surface area contributed by atoms with E-state index in [0.717, 1.165) is 5.56 Å². The standard InChI is InChI=1S/C19H22FNO3/c1-13(2)11-24-12-15-10-14(8-9-18(15)23-3)19(22)21-17-7-5-4-6-16(17)20/h4-10,13H,11-12H2,1-3H3,(H,21,22). The normalized spacial score (nSPS) is 10.7. The SMILES string of the molecule is COc1ccc(C(=O)Nc2ccccc2F)cc1COCC(C)C. The number of para-hydroxylation sites is 1. The van der Waals surface area contributed by atoms with Crippen LogP contribution in [0, 0.1) is 11.7 Å². The van der Waals surface area contributed by atoms with Crippen molar-refractivity contribution in [2.24, 2.45) is 5.92 Å². The Balaban J connectivity index is 2.14. The summed E-state index contributed by atoms with van der Waals surface area (Å²) >= 11 is 0. The fourth-order valence-corrected chi connectivity index (χ4v) is 2.19. The van der Waals surface area contributed by atoms with Crippen LogP contribution >= 0.6 is 0 Å². The van der Waals surface area contributed by atoms with Gasteiger partial charge < -0.3 is 14.8 Å². The van der Waals surface area contributed by atoms with Gasteiger partial charge in [0.05, 0.1) is 19.4 Å². The van der Waals surface area contributed by atoms with Crippen LogP contribution in [0.5, 0.6) is 5.75 Å². The van der Waals surface area contributed by atoms with Crippen LogP contribution in [0.15, 0.2) is 42.5 Å². The van der Waals surface area contributed by atoms with Gasteiger partial charge in [-0.3, -0.25) is 4.79 Å². The van der Waals surface area contributed by atoms with Gasteiger partial charge in [0.15, 0.2) is 0 Å². The molecule has 0 aromatic heterocycles. The van der Waals surface area contributed by atoms with Crippen LogP contribution in [0.25, 0.3) is 0 Å². The zero-order chi connectivity index (χ0) is 17.5. The Bertz CT molecular complexity index is 701. The Labute approximate surface area is 141 Å². The highest BCUT2D eigenvalue weighted by Crippen LogP contribution is 2.22. The lowest BCUT2D eigenvalue weighted by Crippen LogP contribution is -2.13. The van der Waals surface area contributed by atoms with Crippen LogP contribution in [0.4, 0.5) is 10.1 Å². The van der Waals surface area contributed by atoms with Gasteiger partial charge in [-0.1, -0.05) is 26.0 Å². The number of ether oxygens (including phenoxy) is 2. The zero-order valence-electron chi connectivity index (χ0n) is 14.1. The molecule has 128 valence electrons. The number of hydrogen-bond donors (Lipinski definition) is 1. The predicted octanol–water partition coefficient (Wildman–Crippen LogP) is 4.26. The summed E-state index contributed by atoms with van der Waals surface area (Å²) < 4.78 is 24.6. The van der Waals surface area contributed by atoms with Gasteiger partial charge in [0.2, 0.25) is 0 Å². The highest BCUT2D eigenvalue weighted by molar-refractivity contribution is 6.04. The quantitative estimate of drug-likeness (QED) is 0.825. The Morgan fingerprint density at radius 3 is 2.62 bits per heavy atom. The number of hydrogen-bond acceptors (Lipinski definition) is 3. The number of halogens is 1. The van der Waals surface area contributed by atoms with Crippen LogP contribution in [0.1, 0.15) is 29.8 Å². The Kier molecular flexibility index (Phi) is 6.32. The Hall–Kier alpha value is -2.40. The smallest absolute Gasteiger partial charge is 0.255 e. The summed E-state index contributed by atoms with van der Waals surface area (Å²) in [6, 6.07) is 11.1. The van der Waals surface area contributed by atoms with Crippen molar-refractivity contribution in [2.75, 3.05) is 19.0 Å². The molecule has 2 aromatic rings. The van der Waals surface area contributed by atoms with Gasteiger partial charge in [-0.2, -0.15) is 0 Å². The number of methoxy groups -OCH3 is 1. The fourth-order valence-electron chi connectivity index (χ4n) is 2.19. The molecule has 0 aliphatic rings. The van der Waals surface area contributed by atoms with Crippen LogP contribution in [-0.2, 0) is 11.3 Å². The third-order valence-corrected chi connectivity index (χ3v) is 3.37. The Morgan fingerprint density at radius 1 is 1.21 bits per heavy atom. The molecular weight excluding hydrogens is 309 g/mol. The first-order valence-corrected chi connectivity index (χ1v) is 7.81. The number of rotatable bonds is 7. The van der Waals surface area contributed by atoms with E-state index in [9.17, 15) is 9.18 Å². The topological polar surface area (TPSA) is 47.6 Å². The van der Waals surface area contributed by atoms with E-state index < -0.39 is 5.82 Å².